The van der Waals surface area contributed by atoms with Gasteiger partial charge in [-0.15, -0.1) is 11.3 Å². The highest BCUT2D eigenvalue weighted by molar-refractivity contribution is 7.12. The number of pyridine rings is 2. The van der Waals surface area contributed by atoms with Crippen molar-refractivity contribution in [2.45, 2.75) is 6.10 Å². The van der Waals surface area contributed by atoms with Gasteiger partial charge in [0.1, 0.15) is 11.7 Å². The smallest absolute Gasteiger partial charge is 0.341 e. The zero-order valence-electron chi connectivity index (χ0n) is 14.0. The van der Waals surface area contributed by atoms with E-state index in [4.69, 9.17) is 4.84 Å². The fourth-order valence-corrected chi connectivity index (χ4v) is 3.54. The van der Waals surface area contributed by atoms with Crippen LogP contribution in [-0.2, 0) is 4.84 Å². The number of hydroxylamine groups is 1. The van der Waals surface area contributed by atoms with Gasteiger partial charge in [-0.05, 0) is 6.07 Å². The monoisotopic (exact) mass is 391 g/mol. The standard InChI is InChI=1S/C16H14FN5O4S/c1-18-26-8-5-21(6-8)14-11(17)4-9-12(23)10(15(24)25)7-22(13(9)20-14)16-19-2-3-27-16/h2-4,7-8,18H,5-6H2,1H3,(H,24,25). The highest BCUT2D eigenvalue weighted by atomic mass is 32.1. The van der Waals surface area contributed by atoms with E-state index in [9.17, 15) is 19.1 Å². The molecule has 11 heteroatoms. The number of hydrogen-bond acceptors (Lipinski definition) is 8. The Morgan fingerprint density at radius 1 is 1.48 bits per heavy atom. The summed E-state index contributed by atoms with van der Waals surface area (Å²) in [5.41, 5.74) is 1.47. The van der Waals surface area contributed by atoms with Crippen molar-refractivity contribution < 1.29 is 19.1 Å². The van der Waals surface area contributed by atoms with Crippen molar-refractivity contribution in [3.8, 4) is 5.13 Å². The zero-order chi connectivity index (χ0) is 19.1. The van der Waals surface area contributed by atoms with Crippen LogP contribution in [0.15, 0.2) is 28.6 Å². The lowest BCUT2D eigenvalue weighted by molar-refractivity contribution is -0.0264. The van der Waals surface area contributed by atoms with Gasteiger partial charge in [0.2, 0.25) is 5.43 Å². The van der Waals surface area contributed by atoms with Crippen molar-refractivity contribution in [3.63, 3.8) is 0 Å². The minimum absolute atomic E-state index is 0.0752. The number of rotatable bonds is 5. The second-order valence-electron chi connectivity index (χ2n) is 5.88. The summed E-state index contributed by atoms with van der Waals surface area (Å²) in [6, 6.07) is 1.03. The zero-order valence-corrected chi connectivity index (χ0v) is 14.9. The number of aromatic carboxylic acids is 1. The Bertz CT molecular complexity index is 1080. The first kappa shape index (κ1) is 17.5. The summed E-state index contributed by atoms with van der Waals surface area (Å²) in [6.45, 7) is 0.871. The second kappa shape index (κ2) is 6.68. The van der Waals surface area contributed by atoms with Crippen LogP contribution in [-0.4, -0.2) is 51.9 Å². The van der Waals surface area contributed by atoms with Gasteiger partial charge in [-0.1, -0.05) is 0 Å². The van der Waals surface area contributed by atoms with E-state index in [2.05, 4.69) is 15.4 Å². The number of carbonyl (C=O) groups is 1. The maximum atomic E-state index is 14.6. The second-order valence-corrected chi connectivity index (χ2v) is 6.75. The molecule has 1 aliphatic rings. The molecular weight excluding hydrogens is 377 g/mol. The minimum Gasteiger partial charge on any atom is -0.477 e. The van der Waals surface area contributed by atoms with Gasteiger partial charge in [0.15, 0.2) is 22.4 Å². The SMILES string of the molecule is CNOC1CN(c2nc3c(cc2F)c(=O)c(C(=O)O)cn3-c2nccs2)C1. The molecule has 9 nitrogen and oxygen atoms in total. The minimum atomic E-state index is -1.40. The summed E-state index contributed by atoms with van der Waals surface area (Å²) in [5, 5.41) is 11.3. The van der Waals surface area contributed by atoms with Crippen LogP contribution in [0.3, 0.4) is 0 Å². The first-order valence-electron chi connectivity index (χ1n) is 7.96. The number of carboxylic acid groups (broad SMARTS) is 1. The van der Waals surface area contributed by atoms with Crippen LogP contribution in [0.5, 0.6) is 0 Å². The van der Waals surface area contributed by atoms with E-state index in [0.717, 1.165) is 6.07 Å². The van der Waals surface area contributed by atoms with Crippen LogP contribution in [0.4, 0.5) is 10.2 Å². The van der Waals surface area contributed by atoms with Crippen LogP contribution in [0.2, 0.25) is 0 Å². The van der Waals surface area contributed by atoms with Crippen LogP contribution < -0.4 is 15.8 Å². The number of hydrogen-bond donors (Lipinski definition) is 2. The lowest BCUT2D eigenvalue weighted by Gasteiger charge is -2.39. The summed E-state index contributed by atoms with van der Waals surface area (Å²) >= 11 is 1.24. The van der Waals surface area contributed by atoms with Crippen molar-refractivity contribution in [2.75, 3.05) is 25.0 Å². The first-order valence-corrected chi connectivity index (χ1v) is 8.84. The Morgan fingerprint density at radius 3 is 2.89 bits per heavy atom. The molecule has 0 spiro atoms. The molecule has 0 amide bonds. The van der Waals surface area contributed by atoms with E-state index in [1.807, 2.05) is 0 Å². The molecule has 0 aromatic carbocycles. The third-order valence-electron chi connectivity index (χ3n) is 4.20. The van der Waals surface area contributed by atoms with Gasteiger partial charge in [0.25, 0.3) is 0 Å². The Morgan fingerprint density at radius 2 is 2.26 bits per heavy atom. The summed E-state index contributed by atoms with van der Waals surface area (Å²) in [4.78, 5) is 39.3. The molecule has 0 aliphatic carbocycles. The van der Waals surface area contributed by atoms with Crippen LogP contribution in [0.1, 0.15) is 10.4 Å². The van der Waals surface area contributed by atoms with Gasteiger partial charge in [-0.3, -0.25) is 14.2 Å². The van der Waals surface area contributed by atoms with Gasteiger partial charge in [0.05, 0.1) is 5.39 Å². The van der Waals surface area contributed by atoms with E-state index in [-0.39, 0.29) is 23.0 Å². The van der Waals surface area contributed by atoms with Gasteiger partial charge < -0.3 is 10.0 Å². The van der Waals surface area contributed by atoms with E-state index < -0.39 is 22.8 Å². The summed E-state index contributed by atoms with van der Waals surface area (Å²) in [7, 11) is 1.64. The summed E-state index contributed by atoms with van der Waals surface area (Å²) in [6.07, 6.45) is 2.62. The number of nitrogens with zero attached hydrogens (tertiary/aromatic N) is 4. The Labute approximate surface area is 155 Å². The van der Waals surface area contributed by atoms with Crippen molar-refractivity contribution in [1.29, 1.82) is 0 Å². The molecule has 4 heterocycles. The van der Waals surface area contributed by atoms with E-state index in [1.54, 1.807) is 23.5 Å². The number of carboxylic acids is 1. The van der Waals surface area contributed by atoms with E-state index in [0.29, 0.717) is 18.2 Å². The highest BCUT2D eigenvalue weighted by Crippen LogP contribution is 2.27. The van der Waals surface area contributed by atoms with Crippen molar-refractivity contribution in [3.05, 3.63) is 45.4 Å². The Hall–Kier alpha value is -2.89. The lowest BCUT2D eigenvalue weighted by atomic mass is 10.1. The molecule has 0 atom stereocenters. The average Bonchev–Trinajstić information content (AvgIpc) is 3.12. The molecule has 1 aliphatic heterocycles. The molecule has 3 aromatic rings. The maximum Gasteiger partial charge on any atom is 0.341 e. The molecule has 0 unspecified atom stereocenters. The van der Waals surface area contributed by atoms with E-state index in [1.165, 1.54) is 22.1 Å². The molecule has 0 saturated carbocycles. The topological polar surface area (TPSA) is 110 Å². The predicted octanol–water partition coefficient (Wildman–Crippen LogP) is 1.02. The maximum absolute atomic E-state index is 14.6. The number of thiazole rings is 1. The summed E-state index contributed by atoms with van der Waals surface area (Å²) in [5.74, 6) is -2.02. The molecule has 4 rings (SSSR count). The number of halogens is 1. The van der Waals surface area contributed by atoms with Gasteiger partial charge in [0, 0.05) is 37.9 Å². The van der Waals surface area contributed by atoms with Crippen molar-refractivity contribution >= 4 is 34.2 Å². The number of anilines is 1. The Kier molecular flexibility index (Phi) is 4.34. The number of nitrogens with one attached hydrogen (secondary N) is 1. The molecule has 1 saturated heterocycles. The normalized spacial score (nSPS) is 14.5. The first-order chi connectivity index (χ1) is 13.0. The van der Waals surface area contributed by atoms with Gasteiger partial charge in [-0.2, -0.15) is 0 Å². The molecular formula is C16H14FN5O4S. The fraction of sp³-hybridized carbons (Fsp3) is 0.250. The molecule has 3 aromatic heterocycles. The highest BCUT2D eigenvalue weighted by Gasteiger charge is 2.31. The van der Waals surface area contributed by atoms with Crippen LogP contribution in [0, 0.1) is 5.82 Å². The molecule has 1 fully saturated rings. The van der Waals surface area contributed by atoms with E-state index >= 15 is 0 Å². The third kappa shape index (κ3) is 2.95. The van der Waals surface area contributed by atoms with Crippen LogP contribution in [0.25, 0.3) is 16.2 Å². The number of aromatic nitrogens is 3. The third-order valence-corrected chi connectivity index (χ3v) is 4.97. The molecule has 27 heavy (non-hydrogen) atoms. The lowest BCUT2D eigenvalue weighted by Crippen LogP contribution is -2.54. The van der Waals surface area contributed by atoms with Crippen molar-refractivity contribution in [1.82, 2.24) is 20.0 Å². The Balaban J connectivity index is 1.89. The summed E-state index contributed by atoms with van der Waals surface area (Å²) < 4.78 is 16.0. The van der Waals surface area contributed by atoms with Gasteiger partial charge in [-0.25, -0.2) is 24.6 Å². The van der Waals surface area contributed by atoms with Crippen LogP contribution >= 0.6 is 11.3 Å². The molecule has 0 bridgehead atoms. The molecule has 140 valence electrons. The molecule has 2 N–H and O–H groups in total. The molecule has 0 radical (unpaired) electrons. The predicted molar refractivity (Wildman–Crippen MR) is 96.1 cm³/mol. The van der Waals surface area contributed by atoms with Gasteiger partial charge >= 0.3 is 5.97 Å². The van der Waals surface area contributed by atoms with Crippen molar-refractivity contribution in [2.24, 2.45) is 0 Å². The quantitative estimate of drug-likeness (QED) is 0.621. The largest absolute Gasteiger partial charge is 0.477 e. The number of fused-ring (bicyclic) bond motifs is 1. The fourth-order valence-electron chi connectivity index (χ4n) is 2.92. The average molecular weight is 391 g/mol.